The van der Waals surface area contributed by atoms with Crippen molar-refractivity contribution in [1.82, 2.24) is 9.78 Å². The molecule has 2 N–H and O–H groups in total. The van der Waals surface area contributed by atoms with Crippen LogP contribution < -0.4 is 10.5 Å². The van der Waals surface area contributed by atoms with E-state index in [4.69, 9.17) is 26.8 Å². The van der Waals surface area contributed by atoms with Gasteiger partial charge in [0.15, 0.2) is 0 Å². The summed E-state index contributed by atoms with van der Waals surface area (Å²) in [5, 5.41) is 4.81. The van der Waals surface area contributed by atoms with Crippen LogP contribution in [0.4, 0.5) is 4.79 Å². The summed E-state index contributed by atoms with van der Waals surface area (Å²) in [4.78, 5) is 10.6. The van der Waals surface area contributed by atoms with E-state index >= 15 is 0 Å². The molecule has 0 spiro atoms. The summed E-state index contributed by atoms with van der Waals surface area (Å²) >= 11 is 5.91. The number of hydrogen-bond donors (Lipinski definition) is 1. The fourth-order valence-corrected chi connectivity index (χ4v) is 1.91. The van der Waals surface area contributed by atoms with Gasteiger partial charge in [0, 0.05) is 17.6 Å². The Kier molecular flexibility index (Phi) is 4.14. The molecule has 0 saturated heterocycles. The molecule has 106 valence electrons. The molecule has 1 amide bonds. The Labute approximate surface area is 121 Å². The second-order valence-electron chi connectivity index (χ2n) is 4.17. The predicted octanol–water partition coefficient (Wildman–Crippen LogP) is 2.77. The Morgan fingerprint density at radius 2 is 2.25 bits per heavy atom. The molecule has 0 unspecified atom stereocenters. The molecule has 1 aromatic carbocycles. The van der Waals surface area contributed by atoms with Gasteiger partial charge in [-0.2, -0.15) is 5.10 Å². The summed E-state index contributed by atoms with van der Waals surface area (Å²) in [7, 11) is 1.74. The van der Waals surface area contributed by atoms with E-state index in [2.05, 4.69) is 5.10 Å². The maximum Gasteiger partial charge on any atom is 0.404 e. The van der Waals surface area contributed by atoms with Crippen LogP contribution in [0, 0.1) is 6.92 Å². The molecule has 0 bridgehead atoms. The average molecular weight is 296 g/mol. The molecule has 6 nitrogen and oxygen atoms in total. The first-order valence-corrected chi connectivity index (χ1v) is 6.23. The summed E-state index contributed by atoms with van der Waals surface area (Å²) in [5.74, 6) is 1.15. The number of hydrogen-bond acceptors (Lipinski definition) is 4. The highest BCUT2D eigenvalue weighted by molar-refractivity contribution is 6.30. The first-order chi connectivity index (χ1) is 9.47. The quantitative estimate of drug-likeness (QED) is 0.940. The summed E-state index contributed by atoms with van der Waals surface area (Å²) in [6.45, 7) is 1.83. The summed E-state index contributed by atoms with van der Waals surface area (Å²) < 4.78 is 12.1. The minimum Gasteiger partial charge on any atom is -0.443 e. The van der Waals surface area contributed by atoms with Gasteiger partial charge in [0.1, 0.15) is 18.1 Å². The van der Waals surface area contributed by atoms with Crippen molar-refractivity contribution in [3.8, 4) is 11.6 Å². The average Bonchev–Trinajstić information content (AvgIpc) is 2.64. The van der Waals surface area contributed by atoms with Crippen LogP contribution in [-0.4, -0.2) is 15.9 Å². The molecule has 0 atom stereocenters. The van der Waals surface area contributed by atoms with Crippen molar-refractivity contribution in [2.75, 3.05) is 0 Å². The van der Waals surface area contributed by atoms with Crippen LogP contribution in [0.25, 0.3) is 0 Å². The largest absolute Gasteiger partial charge is 0.443 e. The van der Waals surface area contributed by atoms with Gasteiger partial charge in [0.05, 0.1) is 0 Å². The Morgan fingerprint density at radius 1 is 1.50 bits per heavy atom. The molecule has 0 saturated carbocycles. The third kappa shape index (κ3) is 3.21. The molecule has 0 aliphatic carbocycles. The van der Waals surface area contributed by atoms with E-state index in [-0.39, 0.29) is 6.61 Å². The number of ether oxygens (including phenoxy) is 2. The molecule has 2 rings (SSSR count). The van der Waals surface area contributed by atoms with Crippen molar-refractivity contribution in [2.24, 2.45) is 12.8 Å². The highest BCUT2D eigenvalue weighted by Gasteiger charge is 2.15. The Hall–Kier alpha value is -2.21. The molecule has 2 aromatic rings. The molecule has 0 aliphatic heterocycles. The van der Waals surface area contributed by atoms with Gasteiger partial charge in [-0.25, -0.2) is 9.48 Å². The van der Waals surface area contributed by atoms with E-state index in [0.29, 0.717) is 22.3 Å². The number of aryl methyl sites for hydroxylation is 1. The Bertz CT molecular complexity index is 640. The number of benzene rings is 1. The Balaban J connectivity index is 2.22. The fourth-order valence-electron chi connectivity index (χ4n) is 1.73. The second-order valence-corrected chi connectivity index (χ2v) is 4.60. The molecule has 0 aliphatic rings. The van der Waals surface area contributed by atoms with E-state index in [1.54, 1.807) is 36.0 Å². The van der Waals surface area contributed by atoms with E-state index in [0.717, 1.165) is 5.56 Å². The molecule has 7 heteroatoms. The molecule has 1 heterocycles. The molecule has 1 aromatic heterocycles. The van der Waals surface area contributed by atoms with Crippen molar-refractivity contribution in [3.63, 3.8) is 0 Å². The van der Waals surface area contributed by atoms with Crippen molar-refractivity contribution < 1.29 is 14.3 Å². The third-order valence-corrected chi connectivity index (χ3v) is 2.92. The highest BCUT2D eigenvalue weighted by atomic mass is 35.5. The summed E-state index contributed by atoms with van der Waals surface area (Å²) in [6, 6.07) is 7.04. The van der Waals surface area contributed by atoms with Crippen LogP contribution in [-0.2, 0) is 18.4 Å². The molecular formula is C13H14ClN3O3. The number of halogens is 1. The zero-order valence-corrected chi connectivity index (χ0v) is 11.8. The number of amides is 1. The van der Waals surface area contributed by atoms with Crippen molar-refractivity contribution in [1.29, 1.82) is 0 Å². The zero-order chi connectivity index (χ0) is 14.7. The number of primary amides is 1. The molecule has 0 fully saturated rings. The summed E-state index contributed by atoms with van der Waals surface area (Å²) in [5.41, 5.74) is 6.29. The van der Waals surface area contributed by atoms with Gasteiger partial charge >= 0.3 is 6.09 Å². The molecular weight excluding hydrogens is 282 g/mol. The van der Waals surface area contributed by atoms with E-state index in [9.17, 15) is 4.79 Å². The minimum atomic E-state index is -0.840. The maximum absolute atomic E-state index is 10.6. The lowest BCUT2D eigenvalue weighted by Crippen LogP contribution is -2.13. The van der Waals surface area contributed by atoms with Gasteiger partial charge in [-0.15, -0.1) is 0 Å². The number of rotatable bonds is 4. The lowest BCUT2D eigenvalue weighted by atomic mass is 10.3. The standard InChI is InChI=1S/C13H14ClN3O3/c1-8-11(7-19-13(15)18)16-17(2)12(8)20-10-5-3-4-9(14)6-10/h3-6H,7H2,1-2H3,(H2,15,18). The zero-order valence-electron chi connectivity index (χ0n) is 11.1. The van der Waals surface area contributed by atoms with Gasteiger partial charge in [-0.05, 0) is 25.1 Å². The Morgan fingerprint density at radius 3 is 2.90 bits per heavy atom. The van der Waals surface area contributed by atoms with Gasteiger partial charge in [-0.3, -0.25) is 0 Å². The van der Waals surface area contributed by atoms with Crippen molar-refractivity contribution >= 4 is 17.7 Å². The number of aromatic nitrogens is 2. The first kappa shape index (κ1) is 14.2. The van der Waals surface area contributed by atoms with Crippen LogP contribution in [0.15, 0.2) is 24.3 Å². The third-order valence-electron chi connectivity index (χ3n) is 2.68. The highest BCUT2D eigenvalue weighted by Crippen LogP contribution is 2.28. The van der Waals surface area contributed by atoms with Gasteiger partial charge < -0.3 is 15.2 Å². The lowest BCUT2D eigenvalue weighted by Gasteiger charge is -2.07. The normalized spacial score (nSPS) is 10.3. The number of carbonyl (C=O) groups excluding carboxylic acids is 1. The predicted molar refractivity (Wildman–Crippen MR) is 73.8 cm³/mol. The SMILES string of the molecule is Cc1c(COC(N)=O)nn(C)c1Oc1cccc(Cl)c1. The molecule has 20 heavy (non-hydrogen) atoms. The van der Waals surface area contributed by atoms with E-state index in [1.807, 2.05) is 6.92 Å². The smallest absolute Gasteiger partial charge is 0.404 e. The number of nitrogens with zero attached hydrogens (tertiary/aromatic N) is 2. The van der Waals surface area contributed by atoms with E-state index in [1.165, 1.54) is 0 Å². The second kappa shape index (κ2) is 5.83. The van der Waals surface area contributed by atoms with Crippen molar-refractivity contribution in [3.05, 3.63) is 40.5 Å². The van der Waals surface area contributed by atoms with Crippen LogP contribution >= 0.6 is 11.6 Å². The monoisotopic (exact) mass is 295 g/mol. The van der Waals surface area contributed by atoms with Crippen molar-refractivity contribution in [2.45, 2.75) is 13.5 Å². The number of nitrogens with two attached hydrogens (primary N) is 1. The van der Waals surface area contributed by atoms with Gasteiger partial charge in [0.25, 0.3) is 0 Å². The lowest BCUT2D eigenvalue weighted by molar-refractivity contribution is 0.148. The van der Waals surface area contributed by atoms with Crippen LogP contribution in [0.1, 0.15) is 11.3 Å². The van der Waals surface area contributed by atoms with Gasteiger partial charge in [-0.1, -0.05) is 17.7 Å². The minimum absolute atomic E-state index is 0.00785. The summed E-state index contributed by atoms with van der Waals surface area (Å²) in [6.07, 6.45) is -0.840. The molecule has 0 radical (unpaired) electrons. The number of carbonyl (C=O) groups is 1. The first-order valence-electron chi connectivity index (χ1n) is 5.85. The fraction of sp³-hybridized carbons (Fsp3) is 0.231. The van der Waals surface area contributed by atoms with E-state index < -0.39 is 6.09 Å². The van der Waals surface area contributed by atoms with Crippen LogP contribution in [0.5, 0.6) is 11.6 Å². The topological polar surface area (TPSA) is 79.4 Å². The maximum atomic E-state index is 10.6. The van der Waals surface area contributed by atoms with Crippen LogP contribution in [0.2, 0.25) is 5.02 Å². The van der Waals surface area contributed by atoms with Crippen LogP contribution in [0.3, 0.4) is 0 Å². The van der Waals surface area contributed by atoms with Gasteiger partial charge in [0.2, 0.25) is 5.88 Å².